The molecule has 1 aromatic carbocycles. The Kier molecular flexibility index (Phi) is 6.17. The number of hydrogen-bond donors (Lipinski definition) is 3. The number of para-hydroxylation sites is 1. The molecule has 0 atom stereocenters. The lowest BCUT2D eigenvalue weighted by Gasteiger charge is -2.17. The number of hydrogen-bond acceptors (Lipinski definition) is 9. The highest BCUT2D eigenvalue weighted by molar-refractivity contribution is 7.89. The zero-order chi connectivity index (χ0) is 22.0. The van der Waals surface area contributed by atoms with Crippen molar-refractivity contribution in [2.75, 3.05) is 23.7 Å². The maximum atomic E-state index is 12.9. The maximum Gasteiger partial charge on any atom is 0.246 e. The van der Waals surface area contributed by atoms with Crippen LogP contribution in [0.3, 0.4) is 0 Å². The summed E-state index contributed by atoms with van der Waals surface area (Å²) in [5.41, 5.74) is 1.36. The molecule has 0 amide bonds. The van der Waals surface area contributed by atoms with E-state index in [2.05, 4.69) is 33.2 Å². The van der Waals surface area contributed by atoms with Crippen molar-refractivity contribution < 1.29 is 17.9 Å². The van der Waals surface area contributed by atoms with E-state index in [1.54, 1.807) is 18.4 Å². The number of aromatic hydroxyl groups is 1. The summed E-state index contributed by atoms with van der Waals surface area (Å²) >= 11 is 1.00. The van der Waals surface area contributed by atoms with Crippen LogP contribution < -0.4 is 10.6 Å². The van der Waals surface area contributed by atoms with Gasteiger partial charge in [-0.15, -0.1) is 0 Å². The summed E-state index contributed by atoms with van der Waals surface area (Å²) in [6.45, 7) is 5.55. The Bertz CT molecular complexity index is 1150. The molecule has 0 aliphatic carbocycles. The third-order valence-corrected chi connectivity index (χ3v) is 7.65. The Morgan fingerprint density at radius 2 is 1.97 bits per heavy atom. The summed E-state index contributed by atoms with van der Waals surface area (Å²) in [6.07, 6.45) is 3.39. The van der Waals surface area contributed by atoms with E-state index >= 15 is 0 Å². The van der Waals surface area contributed by atoms with Crippen molar-refractivity contribution in [1.29, 1.82) is 0 Å². The highest BCUT2D eigenvalue weighted by atomic mass is 32.2. The van der Waals surface area contributed by atoms with Gasteiger partial charge >= 0.3 is 0 Å². The lowest BCUT2D eigenvalue weighted by Crippen LogP contribution is -2.28. The maximum absolute atomic E-state index is 12.9. The van der Waals surface area contributed by atoms with Gasteiger partial charge in [0.15, 0.2) is 17.4 Å². The van der Waals surface area contributed by atoms with Gasteiger partial charge in [-0.1, -0.05) is 19.9 Å². The number of sulfonamides is 1. The summed E-state index contributed by atoms with van der Waals surface area (Å²) in [5.74, 6) is 1.69. The number of anilines is 3. The molecule has 0 unspecified atom stereocenters. The molecule has 3 aromatic rings. The van der Waals surface area contributed by atoms with Crippen LogP contribution in [0.2, 0.25) is 0 Å². The lowest BCUT2D eigenvalue weighted by molar-refractivity contribution is 0.445. The molecule has 1 aliphatic heterocycles. The lowest BCUT2D eigenvalue weighted by atomic mass is 10.1. The van der Waals surface area contributed by atoms with Crippen LogP contribution in [-0.2, 0) is 16.6 Å². The van der Waals surface area contributed by atoms with Gasteiger partial charge in [-0.3, -0.25) is 0 Å². The SMILES string of the molecule is CC(C)c1coc(CNc2nsnc2Nc2cccc(S(=O)(=O)N3CCCC3)c2O)c1. The number of aromatic nitrogens is 2. The first-order chi connectivity index (χ1) is 14.9. The number of nitrogens with zero attached hydrogens (tertiary/aromatic N) is 3. The smallest absolute Gasteiger partial charge is 0.246 e. The van der Waals surface area contributed by atoms with Gasteiger partial charge in [0.25, 0.3) is 0 Å². The van der Waals surface area contributed by atoms with Crippen LogP contribution in [0.15, 0.2) is 39.8 Å². The molecule has 3 heterocycles. The summed E-state index contributed by atoms with van der Waals surface area (Å²) in [6, 6.07) is 6.59. The Balaban J connectivity index is 1.51. The number of nitrogens with one attached hydrogen (secondary N) is 2. The van der Waals surface area contributed by atoms with E-state index in [1.165, 1.54) is 10.4 Å². The molecule has 31 heavy (non-hydrogen) atoms. The summed E-state index contributed by atoms with van der Waals surface area (Å²) in [4.78, 5) is -0.117. The van der Waals surface area contributed by atoms with Crippen LogP contribution in [-0.4, -0.2) is 39.7 Å². The summed E-state index contributed by atoms with van der Waals surface area (Å²) in [7, 11) is -3.75. The fourth-order valence-corrected chi connectivity index (χ4v) is 5.49. The third-order valence-electron chi connectivity index (χ3n) is 5.19. The Morgan fingerprint density at radius 1 is 1.23 bits per heavy atom. The fourth-order valence-electron chi connectivity index (χ4n) is 3.38. The molecule has 0 saturated carbocycles. The Hall–Kier alpha value is -2.63. The predicted molar refractivity (Wildman–Crippen MR) is 119 cm³/mol. The molecule has 0 radical (unpaired) electrons. The monoisotopic (exact) mass is 463 g/mol. The minimum atomic E-state index is -3.75. The quantitative estimate of drug-likeness (QED) is 0.427. The van der Waals surface area contributed by atoms with Crippen molar-refractivity contribution in [2.24, 2.45) is 0 Å². The van der Waals surface area contributed by atoms with Crippen LogP contribution in [0.25, 0.3) is 0 Å². The van der Waals surface area contributed by atoms with Crippen LogP contribution in [0.5, 0.6) is 5.75 Å². The molecule has 11 heteroatoms. The minimum Gasteiger partial charge on any atom is -0.504 e. The van der Waals surface area contributed by atoms with Crippen molar-refractivity contribution in [3.05, 3.63) is 41.9 Å². The van der Waals surface area contributed by atoms with Crippen molar-refractivity contribution in [1.82, 2.24) is 13.1 Å². The zero-order valence-electron chi connectivity index (χ0n) is 17.3. The molecule has 2 aromatic heterocycles. The van der Waals surface area contributed by atoms with Gasteiger partial charge in [0, 0.05) is 13.1 Å². The molecule has 1 saturated heterocycles. The van der Waals surface area contributed by atoms with Crippen LogP contribution in [0.1, 0.15) is 43.9 Å². The van der Waals surface area contributed by atoms with Crippen LogP contribution in [0, 0.1) is 0 Å². The zero-order valence-corrected chi connectivity index (χ0v) is 19.0. The topological polar surface area (TPSA) is 121 Å². The first-order valence-corrected chi connectivity index (χ1v) is 12.3. The average Bonchev–Trinajstić information content (AvgIpc) is 3.50. The van der Waals surface area contributed by atoms with Crippen molar-refractivity contribution in [3.63, 3.8) is 0 Å². The van der Waals surface area contributed by atoms with E-state index < -0.39 is 10.0 Å². The van der Waals surface area contributed by atoms with Gasteiger partial charge in [-0.05, 0) is 42.5 Å². The van der Waals surface area contributed by atoms with Gasteiger partial charge in [-0.25, -0.2) is 8.42 Å². The molecule has 0 bridgehead atoms. The first-order valence-electron chi connectivity index (χ1n) is 10.1. The first kappa shape index (κ1) is 21.6. The van der Waals surface area contributed by atoms with Crippen LogP contribution in [0.4, 0.5) is 17.3 Å². The number of phenolic OH excluding ortho intramolecular Hbond substituents is 1. The number of furan rings is 1. The summed E-state index contributed by atoms with van der Waals surface area (Å²) < 4.78 is 41.2. The molecule has 1 fully saturated rings. The molecule has 0 spiro atoms. The van der Waals surface area contributed by atoms with Gasteiger partial charge in [-0.2, -0.15) is 13.1 Å². The standard InChI is InChI=1S/C20H25N5O4S2/c1-13(2)14-10-15(29-12-14)11-21-19-20(24-30-23-19)22-16-6-5-7-17(18(16)26)31(27,28)25-8-3-4-9-25/h5-7,10,12-13,26H,3-4,8-9,11H2,1-2H3,(H,21,23)(H,22,24). The number of rotatable bonds is 8. The van der Waals surface area contributed by atoms with Gasteiger partial charge in [0.1, 0.15) is 10.7 Å². The predicted octanol–water partition coefficient (Wildman–Crippen LogP) is 4.10. The highest BCUT2D eigenvalue weighted by Gasteiger charge is 2.30. The van der Waals surface area contributed by atoms with Gasteiger partial charge in [0.05, 0.1) is 30.2 Å². The normalized spacial score (nSPS) is 14.9. The molecule has 1 aliphatic rings. The molecular weight excluding hydrogens is 438 g/mol. The van der Waals surface area contributed by atoms with Crippen molar-refractivity contribution in [2.45, 2.75) is 44.0 Å². The molecule has 9 nitrogen and oxygen atoms in total. The number of phenols is 1. The second kappa shape index (κ2) is 8.85. The van der Waals surface area contributed by atoms with Crippen LogP contribution >= 0.6 is 11.7 Å². The van der Waals surface area contributed by atoms with E-state index in [0.717, 1.165) is 35.9 Å². The average molecular weight is 464 g/mol. The molecule has 166 valence electrons. The second-order valence-corrected chi connectivity index (χ2v) is 10.1. The molecule has 4 rings (SSSR count). The Morgan fingerprint density at radius 3 is 2.68 bits per heavy atom. The van der Waals surface area contributed by atoms with Crippen molar-refractivity contribution >= 4 is 39.1 Å². The molecule has 3 N–H and O–H groups in total. The van der Waals surface area contributed by atoms with Gasteiger partial charge < -0.3 is 20.2 Å². The van der Waals surface area contributed by atoms with E-state index in [0.29, 0.717) is 37.2 Å². The summed E-state index contributed by atoms with van der Waals surface area (Å²) in [5, 5.41) is 16.8. The van der Waals surface area contributed by atoms with E-state index in [4.69, 9.17) is 4.42 Å². The Labute approximate surface area is 185 Å². The second-order valence-electron chi connectivity index (χ2n) is 7.70. The van der Waals surface area contributed by atoms with Crippen molar-refractivity contribution in [3.8, 4) is 5.75 Å². The third kappa shape index (κ3) is 4.53. The van der Waals surface area contributed by atoms with E-state index in [-0.39, 0.29) is 16.3 Å². The fraction of sp³-hybridized carbons (Fsp3) is 0.400. The van der Waals surface area contributed by atoms with Gasteiger partial charge in [0.2, 0.25) is 10.0 Å². The molecular formula is C20H25N5O4S2. The minimum absolute atomic E-state index is 0.117. The highest BCUT2D eigenvalue weighted by Crippen LogP contribution is 2.36. The number of benzene rings is 1. The largest absolute Gasteiger partial charge is 0.504 e. The van der Waals surface area contributed by atoms with E-state index in [9.17, 15) is 13.5 Å². The van der Waals surface area contributed by atoms with E-state index in [1.807, 2.05) is 6.07 Å².